The van der Waals surface area contributed by atoms with E-state index in [2.05, 4.69) is 10.3 Å². The molecule has 0 unspecified atom stereocenters. The average molecular weight is 372 g/mol. The van der Waals surface area contributed by atoms with E-state index >= 15 is 0 Å². The number of carbonyl (C=O) groups is 2. The van der Waals surface area contributed by atoms with Crippen molar-refractivity contribution in [1.82, 2.24) is 10.3 Å². The fourth-order valence-electron chi connectivity index (χ4n) is 2.09. The number of esters is 1. The van der Waals surface area contributed by atoms with E-state index in [-0.39, 0.29) is 31.4 Å². The molecule has 0 aliphatic heterocycles. The van der Waals surface area contributed by atoms with Gasteiger partial charge in [0.15, 0.2) is 0 Å². The number of thiophene rings is 1. The minimum Gasteiger partial charge on any atom is -0.459 e. The molecule has 2 heterocycles. The molecular weight excluding hydrogens is 356 g/mol. The molecule has 0 spiro atoms. The van der Waals surface area contributed by atoms with Crippen LogP contribution in [-0.4, -0.2) is 23.4 Å². The van der Waals surface area contributed by atoms with Crippen molar-refractivity contribution in [2.45, 2.75) is 13.0 Å². The highest BCUT2D eigenvalue weighted by Crippen LogP contribution is 2.23. The normalized spacial score (nSPS) is 10.4. The van der Waals surface area contributed by atoms with E-state index in [4.69, 9.17) is 4.74 Å². The van der Waals surface area contributed by atoms with E-state index < -0.39 is 0 Å². The number of hydrogen-bond acceptors (Lipinski definition) is 6. The molecule has 1 N–H and O–H groups in total. The Morgan fingerprint density at radius 1 is 1.08 bits per heavy atom. The monoisotopic (exact) mass is 372 g/mol. The van der Waals surface area contributed by atoms with Gasteiger partial charge in [0.1, 0.15) is 11.6 Å². The quantitative estimate of drug-likeness (QED) is 0.642. The van der Waals surface area contributed by atoms with Crippen molar-refractivity contribution in [3.8, 4) is 10.6 Å². The van der Waals surface area contributed by atoms with Crippen LogP contribution in [0.4, 0.5) is 0 Å². The van der Waals surface area contributed by atoms with E-state index in [0.717, 1.165) is 16.3 Å². The molecule has 3 rings (SSSR count). The van der Waals surface area contributed by atoms with Crippen LogP contribution >= 0.6 is 22.7 Å². The lowest BCUT2D eigenvalue weighted by molar-refractivity contribution is -0.144. The van der Waals surface area contributed by atoms with Crippen molar-refractivity contribution in [1.29, 1.82) is 0 Å². The number of carbonyl (C=O) groups excluding carboxylic acids is 2. The van der Waals surface area contributed by atoms with Gasteiger partial charge in [-0.1, -0.05) is 36.4 Å². The molecule has 0 bridgehead atoms. The number of rotatable bonds is 7. The topological polar surface area (TPSA) is 68.3 Å². The number of nitrogens with one attached hydrogen (secondary N) is 1. The summed E-state index contributed by atoms with van der Waals surface area (Å²) in [7, 11) is 0. The Kier molecular flexibility index (Phi) is 5.92. The Bertz CT molecular complexity index is 829. The van der Waals surface area contributed by atoms with Crippen LogP contribution in [0.3, 0.4) is 0 Å². The summed E-state index contributed by atoms with van der Waals surface area (Å²) in [6.07, 6.45) is 0.132. The second kappa shape index (κ2) is 8.55. The van der Waals surface area contributed by atoms with Crippen LogP contribution in [0, 0.1) is 0 Å². The number of thiazole rings is 1. The van der Waals surface area contributed by atoms with E-state index in [1.165, 1.54) is 22.7 Å². The Balaban J connectivity index is 1.41. The van der Waals surface area contributed by atoms with Gasteiger partial charge in [-0.05, 0) is 11.4 Å². The fourth-order valence-corrected chi connectivity index (χ4v) is 3.54. The summed E-state index contributed by atoms with van der Waals surface area (Å²) in [4.78, 5) is 28.6. The first-order valence-corrected chi connectivity index (χ1v) is 9.45. The zero-order chi connectivity index (χ0) is 17.5. The third-order valence-electron chi connectivity index (χ3n) is 3.31. The Hall–Kier alpha value is -2.51. The van der Waals surface area contributed by atoms with E-state index in [0.29, 0.717) is 4.88 Å². The first-order valence-electron chi connectivity index (χ1n) is 7.69. The Morgan fingerprint density at radius 2 is 1.92 bits per heavy atom. The maximum absolute atomic E-state index is 11.8. The summed E-state index contributed by atoms with van der Waals surface area (Å²) >= 11 is 2.88. The SMILES string of the molecule is O=C(CCNC(=O)c1cccs1)OCc1csc(-c2ccccc2)n1. The number of amides is 1. The van der Waals surface area contributed by atoms with E-state index in [1.807, 2.05) is 47.2 Å². The molecule has 0 saturated carbocycles. The minimum absolute atomic E-state index is 0.132. The molecule has 5 nitrogen and oxygen atoms in total. The van der Waals surface area contributed by atoms with Crippen molar-refractivity contribution in [3.05, 3.63) is 63.8 Å². The molecule has 0 atom stereocenters. The van der Waals surface area contributed by atoms with Gasteiger partial charge in [-0.15, -0.1) is 22.7 Å². The first kappa shape index (κ1) is 17.3. The fraction of sp³-hybridized carbons (Fsp3) is 0.167. The van der Waals surface area contributed by atoms with Crippen molar-refractivity contribution in [2.24, 2.45) is 0 Å². The van der Waals surface area contributed by atoms with Gasteiger partial charge >= 0.3 is 5.97 Å². The second-order valence-corrected chi connectivity index (χ2v) is 6.96. The lowest BCUT2D eigenvalue weighted by atomic mass is 10.2. The summed E-state index contributed by atoms with van der Waals surface area (Å²) in [5.41, 5.74) is 1.76. The molecule has 2 aromatic heterocycles. The summed E-state index contributed by atoms with van der Waals surface area (Å²) in [5.74, 6) is -0.532. The van der Waals surface area contributed by atoms with Crippen LogP contribution in [-0.2, 0) is 16.1 Å². The van der Waals surface area contributed by atoms with Crippen LogP contribution in [0.15, 0.2) is 53.2 Å². The molecule has 0 saturated heterocycles. The summed E-state index contributed by atoms with van der Waals surface area (Å²) in [6.45, 7) is 0.392. The van der Waals surface area contributed by atoms with Crippen molar-refractivity contribution in [3.63, 3.8) is 0 Å². The number of hydrogen-bond donors (Lipinski definition) is 1. The van der Waals surface area contributed by atoms with Crippen molar-refractivity contribution in [2.75, 3.05) is 6.54 Å². The molecule has 25 heavy (non-hydrogen) atoms. The molecule has 128 valence electrons. The zero-order valence-corrected chi connectivity index (χ0v) is 14.9. The largest absolute Gasteiger partial charge is 0.459 e. The maximum atomic E-state index is 11.8. The molecule has 0 aliphatic rings. The molecule has 0 aliphatic carbocycles. The average Bonchev–Trinajstić information content (AvgIpc) is 3.32. The third-order valence-corrected chi connectivity index (χ3v) is 5.12. The molecule has 0 radical (unpaired) electrons. The van der Waals surface area contributed by atoms with E-state index in [9.17, 15) is 9.59 Å². The van der Waals surface area contributed by atoms with Gasteiger partial charge in [-0.3, -0.25) is 9.59 Å². The number of ether oxygens (including phenoxy) is 1. The predicted octanol–water partition coefficient (Wildman–Crippen LogP) is 3.73. The molecule has 3 aromatic rings. The third kappa shape index (κ3) is 4.98. The summed E-state index contributed by atoms with van der Waals surface area (Å²) < 4.78 is 5.21. The standard InChI is InChI=1S/C18H16N2O3S2/c21-16(8-9-19-17(22)15-7-4-10-24-15)23-11-14-12-25-18(20-14)13-5-2-1-3-6-13/h1-7,10,12H,8-9,11H2,(H,19,22). The highest BCUT2D eigenvalue weighted by Gasteiger charge is 2.10. The van der Waals surface area contributed by atoms with Gasteiger partial charge in [-0.2, -0.15) is 0 Å². The number of aromatic nitrogens is 1. The smallest absolute Gasteiger partial charge is 0.307 e. The number of nitrogens with zero attached hydrogens (tertiary/aromatic N) is 1. The highest BCUT2D eigenvalue weighted by molar-refractivity contribution is 7.13. The predicted molar refractivity (Wildman–Crippen MR) is 98.6 cm³/mol. The summed E-state index contributed by atoms with van der Waals surface area (Å²) in [6, 6.07) is 13.4. The Labute approximate surface area is 153 Å². The van der Waals surface area contributed by atoms with E-state index in [1.54, 1.807) is 6.07 Å². The van der Waals surface area contributed by atoms with Gasteiger partial charge < -0.3 is 10.1 Å². The lowest BCUT2D eigenvalue weighted by Gasteiger charge is -2.04. The molecule has 1 aromatic carbocycles. The summed E-state index contributed by atoms with van der Waals surface area (Å²) in [5, 5.41) is 7.31. The van der Waals surface area contributed by atoms with Gasteiger partial charge in [0, 0.05) is 17.5 Å². The van der Waals surface area contributed by atoms with Crippen molar-refractivity contribution < 1.29 is 14.3 Å². The Morgan fingerprint density at radius 3 is 2.68 bits per heavy atom. The zero-order valence-electron chi connectivity index (χ0n) is 13.3. The van der Waals surface area contributed by atoms with Crippen LogP contribution in [0.2, 0.25) is 0 Å². The second-order valence-electron chi connectivity index (χ2n) is 5.15. The number of benzene rings is 1. The van der Waals surface area contributed by atoms with Crippen LogP contribution in [0.5, 0.6) is 0 Å². The molecular formula is C18H16N2O3S2. The molecule has 1 amide bonds. The van der Waals surface area contributed by atoms with Crippen LogP contribution in [0.1, 0.15) is 21.8 Å². The maximum Gasteiger partial charge on any atom is 0.307 e. The van der Waals surface area contributed by atoms with Gasteiger partial charge in [-0.25, -0.2) is 4.98 Å². The highest BCUT2D eigenvalue weighted by atomic mass is 32.1. The first-order chi connectivity index (χ1) is 12.2. The van der Waals surface area contributed by atoms with Gasteiger partial charge in [0.05, 0.1) is 17.0 Å². The lowest BCUT2D eigenvalue weighted by Crippen LogP contribution is -2.25. The van der Waals surface area contributed by atoms with Gasteiger partial charge in [0.25, 0.3) is 5.91 Å². The minimum atomic E-state index is -0.360. The van der Waals surface area contributed by atoms with Crippen LogP contribution in [0.25, 0.3) is 10.6 Å². The van der Waals surface area contributed by atoms with Crippen LogP contribution < -0.4 is 5.32 Å². The van der Waals surface area contributed by atoms with Gasteiger partial charge in [0.2, 0.25) is 0 Å². The molecule has 7 heteroatoms. The molecule has 0 fully saturated rings. The van der Waals surface area contributed by atoms with Crippen molar-refractivity contribution >= 4 is 34.6 Å².